The van der Waals surface area contributed by atoms with Gasteiger partial charge in [-0.1, -0.05) is 23.7 Å². The first-order chi connectivity index (χ1) is 16.0. The predicted molar refractivity (Wildman–Crippen MR) is 116 cm³/mol. The Morgan fingerprint density at radius 1 is 1.18 bits per heavy atom. The zero-order valence-electron chi connectivity index (χ0n) is 17.5. The molecule has 1 aromatic heterocycles. The maximum absolute atomic E-state index is 13.1. The number of rotatable bonds is 5. The molecule has 0 bridgehead atoms. The van der Waals surface area contributed by atoms with Crippen LogP contribution in [0, 0.1) is 0 Å². The first kappa shape index (κ1) is 23.3. The number of carbonyl (C=O) groups excluding carboxylic acids is 3. The lowest BCUT2D eigenvalue weighted by Gasteiger charge is -2.26. The van der Waals surface area contributed by atoms with Crippen LogP contribution in [0.4, 0.5) is 18.0 Å². The molecule has 3 N–H and O–H groups in total. The highest BCUT2D eigenvalue weighted by Gasteiger charge is 2.50. The molecule has 1 unspecified atom stereocenters. The SMILES string of the molecule is Cn1ccnc1C1(CNC(=O)c2ccc(Cl)cc2-c2ccc(C(F)(F)F)cc2)NC(=O)NC1=O. The van der Waals surface area contributed by atoms with Crippen molar-refractivity contribution in [3.8, 4) is 11.1 Å². The van der Waals surface area contributed by atoms with Gasteiger partial charge >= 0.3 is 12.2 Å². The topological polar surface area (TPSA) is 105 Å². The number of imide groups is 1. The molecule has 1 aliphatic rings. The number of halogens is 4. The number of alkyl halides is 3. The lowest BCUT2D eigenvalue weighted by atomic mass is 9.96. The van der Waals surface area contributed by atoms with Crippen molar-refractivity contribution >= 4 is 29.4 Å². The van der Waals surface area contributed by atoms with Crippen LogP contribution < -0.4 is 16.0 Å². The average Bonchev–Trinajstić information content (AvgIpc) is 3.33. The van der Waals surface area contributed by atoms with Gasteiger partial charge in [0.1, 0.15) is 5.82 Å². The molecule has 1 saturated heterocycles. The fourth-order valence-corrected chi connectivity index (χ4v) is 3.90. The first-order valence-electron chi connectivity index (χ1n) is 9.88. The summed E-state index contributed by atoms with van der Waals surface area (Å²) in [5.41, 5.74) is -1.73. The second-order valence-corrected chi connectivity index (χ2v) is 8.06. The summed E-state index contributed by atoms with van der Waals surface area (Å²) in [6.45, 7) is -0.330. The summed E-state index contributed by atoms with van der Waals surface area (Å²) in [5, 5.41) is 7.56. The van der Waals surface area contributed by atoms with E-state index in [-0.39, 0.29) is 23.0 Å². The van der Waals surface area contributed by atoms with Crippen molar-refractivity contribution in [2.75, 3.05) is 6.54 Å². The minimum Gasteiger partial charge on any atom is -0.349 e. The Kier molecular flexibility index (Phi) is 5.82. The first-order valence-corrected chi connectivity index (χ1v) is 10.3. The molecule has 8 nitrogen and oxygen atoms in total. The van der Waals surface area contributed by atoms with Crippen LogP contribution in [0.25, 0.3) is 11.1 Å². The fourth-order valence-electron chi connectivity index (χ4n) is 3.73. The Morgan fingerprint density at radius 2 is 1.88 bits per heavy atom. The standard InChI is InChI=1S/C22H17ClF3N5O3/c1-31-9-8-27-18(31)21(19(33)29-20(34)30-21)11-28-17(32)15-7-6-14(23)10-16(15)12-2-4-13(5-3-12)22(24,25)26/h2-10H,11H2,1H3,(H,28,32)(H2,29,30,33,34). The summed E-state index contributed by atoms with van der Waals surface area (Å²) in [6.07, 6.45) is -1.48. The molecule has 0 aliphatic carbocycles. The summed E-state index contributed by atoms with van der Waals surface area (Å²) >= 11 is 6.08. The minimum atomic E-state index is -4.50. The Balaban J connectivity index is 1.65. The molecule has 0 spiro atoms. The van der Waals surface area contributed by atoms with Gasteiger partial charge in [0.05, 0.1) is 12.1 Å². The summed E-state index contributed by atoms with van der Waals surface area (Å²) in [4.78, 5) is 41.8. The maximum atomic E-state index is 13.1. The Bertz CT molecular complexity index is 1290. The van der Waals surface area contributed by atoms with Crippen LogP contribution in [0.1, 0.15) is 21.7 Å². The van der Waals surface area contributed by atoms with E-state index in [4.69, 9.17) is 11.6 Å². The zero-order chi connectivity index (χ0) is 24.7. The largest absolute Gasteiger partial charge is 0.416 e. The van der Waals surface area contributed by atoms with Gasteiger partial charge in [0.15, 0.2) is 5.54 Å². The van der Waals surface area contributed by atoms with Gasteiger partial charge in [-0.3, -0.25) is 14.9 Å². The normalized spacial score (nSPS) is 17.9. The monoisotopic (exact) mass is 491 g/mol. The third-order valence-electron chi connectivity index (χ3n) is 5.41. The smallest absolute Gasteiger partial charge is 0.349 e. The molecule has 2 aromatic carbocycles. The van der Waals surface area contributed by atoms with Crippen LogP contribution in [0.5, 0.6) is 0 Å². The van der Waals surface area contributed by atoms with Gasteiger partial charge in [0.25, 0.3) is 11.8 Å². The average molecular weight is 492 g/mol. The van der Waals surface area contributed by atoms with E-state index in [1.807, 2.05) is 0 Å². The number of nitrogens with one attached hydrogen (secondary N) is 3. The molecular formula is C22H17ClF3N5O3. The van der Waals surface area contributed by atoms with Crippen molar-refractivity contribution in [1.82, 2.24) is 25.5 Å². The fraction of sp³-hybridized carbons (Fsp3) is 0.182. The second-order valence-electron chi connectivity index (χ2n) is 7.62. The van der Waals surface area contributed by atoms with E-state index < -0.39 is 35.1 Å². The second kappa shape index (κ2) is 8.49. The summed E-state index contributed by atoms with van der Waals surface area (Å²) < 4.78 is 40.3. The number of hydrogen-bond donors (Lipinski definition) is 3. The van der Waals surface area contributed by atoms with Gasteiger partial charge in [-0.2, -0.15) is 13.2 Å². The van der Waals surface area contributed by atoms with Crippen LogP contribution in [-0.2, 0) is 23.6 Å². The van der Waals surface area contributed by atoms with E-state index in [1.54, 1.807) is 13.2 Å². The van der Waals surface area contributed by atoms with Gasteiger partial charge in [-0.05, 0) is 41.5 Å². The number of imidazole rings is 1. The highest BCUT2D eigenvalue weighted by atomic mass is 35.5. The van der Waals surface area contributed by atoms with Crippen molar-refractivity contribution in [3.63, 3.8) is 0 Å². The summed E-state index contributed by atoms with van der Waals surface area (Å²) in [5.74, 6) is -1.12. The van der Waals surface area contributed by atoms with Crippen LogP contribution in [-0.4, -0.2) is 33.9 Å². The van der Waals surface area contributed by atoms with Crippen molar-refractivity contribution < 1.29 is 27.6 Å². The molecule has 1 fully saturated rings. The molecule has 1 atom stereocenters. The van der Waals surface area contributed by atoms with Crippen LogP contribution in [0.15, 0.2) is 54.9 Å². The summed E-state index contributed by atoms with van der Waals surface area (Å²) in [6, 6.07) is 7.90. The van der Waals surface area contributed by atoms with E-state index >= 15 is 0 Å². The summed E-state index contributed by atoms with van der Waals surface area (Å²) in [7, 11) is 1.63. The lowest BCUT2D eigenvalue weighted by molar-refractivity contribution is -0.137. The van der Waals surface area contributed by atoms with Crippen LogP contribution >= 0.6 is 11.6 Å². The van der Waals surface area contributed by atoms with Gasteiger partial charge in [-0.25, -0.2) is 9.78 Å². The lowest BCUT2D eigenvalue weighted by Crippen LogP contribution is -2.54. The molecule has 0 radical (unpaired) electrons. The Morgan fingerprint density at radius 3 is 2.44 bits per heavy atom. The number of urea groups is 1. The Hall–Kier alpha value is -3.86. The molecule has 34 heavy (non-hydrogen) atoms. The van der Waals surface area contributed by atoms with Gasteiger partial charge < -0.3 is 15.2 Å². The Labute approximate surface area is 196 Å². The van der Waals surface area contributed by atoms with Gasteiger partial charge in [0, 0.05) is 30.0 Å². The van der Waals surface area contributed by atoms with Crippen molar-refractivity contribution in [1.29, 1.82) is 0 Å². The van der Waals surface area contributed by atoms with E-state index in [9.17, 15) is 27.6 Å². The van der Waals surface area contributed by atoms with Crippen molar-refractivity contribution in [3.05, 3.63) is 76.8 Å². The molecule has 3 aromatic rings. The van der Waals surface area contributed by atoms with E-state index in [1.165, 1.54) is 41.1 Å². The number of carbonyl (C=O) groups is 3. The van der Waals surface area contributed by atoms with E-state index in [0.29, 0.717) is 11.1 Å². The van der Waals surface area contributed by atoms with Gasteiger partial charge in [0.2, 0.25) is 0 Å². The number of nitrogens with zero attached hydrogens (tertiary/aromatic N) is 2. The molecule has 2 heterocycles. The number of amides is 4. The highest BCUT2D eigenvalue weighted by Crippen LogP contribution is 2.33. The number of aromatic nitrogens is 2. The van der Waals surface area contributed by atoms with E-state index in [2.05, 4.69) is 20.9 Å². The number of hydrogen-bond acceptors (Lipinski definition) is 4. The maximum Gasteiger partial charge on any atom is 0.416 e. The molecule has 1 aliphatic heterocycles. The van der Waals surface area contributed by atoms with Crippen LogP contribution in [0.2, 0.25) is 5.02 Å². The minimum absolute atomic E-state index is 0.115. The van der Waals surface area contributed by atoms with Crippen LogP contribution in [0.3, 0.4) is 0 Å². The molecular weight excluding hydrogens is 475 g/mol. The van der Waals surface area contributed by atoms with Crippen molar-refractivity contribution in [2.24, 2.45) is 7.05 Å². The highest BCUT2D eigenvalue weighted by molar-refractivity contribution is 6.31. The molecule has 12 heteroatoms. The quantitative estimate of drug-likeness (QED) is 0.477. The zero-order valence-corrected chi connectivity index (χ0v) is 18.3. The third-order valence-corrected chi connectivity index (χ3v) is 5.64. The molecule has 4 rings (SSSR count). The molecule has 0 saturated carbocycles. The third kappa shape index (κ3) is 4.21. The van der Waals surface area contributed by atoms with Gasteiger partial charge in [-0.15, -0.1) is 0 Å². The predicted octanol–water partition coefficient (Wildman–Crippen LogP) is 3.22. The van der Waals surface area contributed by atoms with Crippen molar-refractivity contribution in [2.45, 2.75) is 11.7 Å². The molecule has 176 valence electrons. The number of benzene rings is 2. The molecule has 4 amide bonds. The van der Waals surface area contributed by atoms with E-state index in [0.717, 1.165) is 12.1 Å². The number of aryl methyl sites for hydroxylation is 1.